The third-order valence-electron chi connectivity index (χ3n) is 4.09. The molecular weight excluding hydrogens is 363 g/mol. The van der Waals surface area contributed by atoms with Crippen LogP contribution in [0.1, 0.15) is 10.4 Å². The van der Waals surface area contributed by atoms with E-state index in [0.717, 1.165) is 5.56 Å². The summed E-state index contributed by atoms with van der Waals surface area (Å²) in [5.74, 6) is -1.34. The third kappa shape index (κ3) is 4.41. The van der Waals surface area contributed by atoms with Crippen molar-refractivity contribution in [2.45, 2.75) is 12.6 Å². The van der Waals surface area contributed by atoms with E-state index in [1.54, 1.807) is 48.7 Å². The van der Waals surface area contributed by atoms with E-state index in [-0.39, 0.29) is 17.9 Å². The number of aromatic nitrogens is 2. The molecular formula is C20H19FN4O3. The Bertz CT molecular complexity index is 985. The number of carbonyl (C=O) groups is 2. The van der Waals surface area contributed by atoms with E-state index < -0.39 is 17.9 Å². The van der Waals surface area contributed by atoms with Crippen LogP contribution >= 0.6 is 0 Å². The maximum atomic E-state index is 13.0. The maximum Gasteiger partial charge on any atom is 0.339 e. The van der Waals surface area contributed by atoms with Crippen LogP contribution in [-0.4, -0.2) is 34.8 Å². The number of hydrogen-bond donors (Lipinski definition) is 2. The van der Waals surface area contributed by atoms with E-state index in [9.17, 15) is 14.0 Å². The number of benzene rings is 2. The summed E-state index contributed by atoms with van der Waals surface area (Å²) in [5.41, 5.74) is 7.94. The molecule has 3 aromatic rings. The standard InChI is InChI=1S/C20H19FN4O3/c1-28-20(27)15-4-2-3-5-18(15)23-19(26)16(22)12-25-11-10-17(24-25)13-6-8-14(21)9-7-13/h2-11,16H,12,22H2,1H3,(H,23,26). The summed E-state index contributed by atoms with van der Waals surface area (Å²) in [6.45, 7) is 0.132. The summed E-state index contributed by atoms with van der Waals surface area (Å²) < 4.78 is 19.3. The SMILES string of the molecule is COC(=O)c1ccccc1NC(=O)C(N)Cn1ccc(-c2ccc(F)cc2)n1. The summed E-state index contributed by atoms with van der Waals surface area (Å²) in [4.78, 5) is 24.2. The molecule has 1 unspecified atom stereocenters. The van der Waals surface area contributed by atoms with Gasteiger partial charge in [0.2, 0.25) is 5.91 Å². The van der Waals surface area contributed by atoms with Crippen LogP contribution in [0.25, 0.3) is 11.3 Å². The number of methoxy groups -OCH3 is 1. The highest BCUT2D eigenvalue weighted by atomic mass is 19.1. The number of amides is 1. The van der Waals surface area contributed by atoms with Gasteiger partial charge < -0.3 is 15.8 Å². The van der Waals surface area contributed by atoms with Crippen LogP contribution in [0.4, 0.5) is 10.1 Å². The molecule has 0 bridgehead atoms. The van der Waals surface area contributed by atoms with Crippen LogP contribution in [0.2, 0.25) is 0 Å². The molecule has 0 saturated heterocycles. The van der Waals surface area contributed by atoms with Gasteiger partial charge >= 0.3 is 5.97 Å². The molecule has 0 aliphatic heterocycles. The largest absolute Gasteiger partial charge is 0.465 e. The fraction of sp³-hybridized carbons (Fsp3) is 0.150. The first kappa shape index (κ1) is 19.2. The second-order valence-corrected chi connectivity index (χ2v) is 6.06. The lowest BCUT2D eigenvalue weighted by atomic mass is 10.1. The van der Waals surface area contributed by atoms with Crippen molar-refractivity contribution < 1.29 is 18.7 Å². The highest BCUT2D eigenvalue weighted by Crippen LogP contribution is 2.18. The molecule has 0 fully saturated rings. The first-order valence-corrected chi connectivity index (χ1v) is 8.51. The smallest absolute Gasteiger partial charge is 0.339 e. The van der Waals surface area contributed by atoms with Crippen molar-refractivity contribution in [3.05, 3.63) is 72.2 Å². The van der Waals surface area contributed by atoms with Gasteiger partial charge in [0.25, 0.3) is 0 Å². The molecule has 1 atom stereocenters. The van der Waals surface area contributed by atoms with Gasteiger partial charge in [-0.3, -0.25) is 9.48 Å². The average Bonchev–Trinajstić information content (AvgIpc) is 3.16. The van der Waals surface area contributed by atoms with Crippen molar-refractivity contribution in [2.24, 2.45) is 5.73 Å². The van der Waals surface area contributed by atoms with E-state index in [1.807, 2.05) is 0 Å². The lowest BCUT2D eigenvalue weighted by molar-refractivity contribution is -0.117. The summed E-state index contributed by atoms with van der Waals surface area (Å²) in [7, 11) is 1.27. The van der Waals surface area contributed by atoms with Crippen LogP contribution in [-0.2, 0) is 16.1 Å². The van der Waals surface area contributed by atoms with Gasteiger partial charge in [0.15, 0.2) is 0 Å². The van der Waals surface area contributed by atoms with Crippen LogP contribution < -0.4 is 11.1 Å². The fourth-order valence-electron chi connectivity index (χ4n) is 2.63. The van der Waals surface area contributed by atoms with Crippen molar-refractivity contribution in [2.75, 3.05) is 12.4 Å². The number of ether oxygens (including phenoxy) is 1. The number of para-hydroxylation sites is 1. The molecule has 1 heterocycles. The van der Waals surface area contributed by atoms with Crippen LogP contribution in [0.3, 0.4) is 0 Å². The molecule has 0 aliphatic rings. The molecule has 0 spiro atoms. The van der Waals surface area contributed by atoms with Gasteiger partial charge in [-0.2, -0.15) is 5.10 Å². The molecule has 1 aromatic heterocycles. The van der Waals surface area contributed by atoms with Gasteiger partial charge in [-0.05, 0) is 42.5 Å². The molecule has 7 nitrogen and oxygen atoms in total. The second-order valence-electron chi connectivity index (χ2n) is 6.06. The second kappa shape index (κ2) is 8.45. The van der Waals surface area contributed by atoms with Crippen LogP contribution in [0.15, 0.2) is 60.8 Å². The zero-order valence-electron chi connectivity index (χ0n) is 15.1. The fourth-order valence-corrected chi connectivity index (χ4v) is 2.63. The molecule has 144 valence electrons. The van der Waals surface area contributed by atoms with Crippen molar-refractivity contribution >= 4 is 17.6 Å². The van der Waals surface area contributed by atoms with Gasteiger partial charge in [-0.15, -0.1) is 0 Å². The number of anilines is 1. The molecule has 3 rings (SSSR count). The number of halogens is 1. The summed E-state index contributed by atoms with van der Waals surface area (Å²) in [5, 5.41) is 7.00. The topological polar surface area (TPSA) is 99.2 Å². The average molecular weight is 382 g/mol. The predicted molar refractivity (Wildman–Crippen MR) is 102 cm³/mol. The van der Waals surface area contributed by atoms with E-state index >= 15 is 0 Å². The van der Waals surface area contributed by atoms with Crippen LogP contribution in [0.5, 0.6) is 0 Å². The highest BCUT2D eigenvalue weighted by Gasteiger charge is 2.18. The molecule has 2 aromatic carbocycles. The monoisotopic (exact) mass is 382 g/mol. The highest BCUT2D eigenvalue weighted by molar-refractivity contribution is 6.02. The Hall–Kier alpha value is -3.52. The number of hydrogen-bond acceptors (Lipinski definition) is 5. The Morgan fingerprint density at radius 1 is 1.18 bits per heavy atom. The Balaban J connectivity index is 1.67. The molecule has 1 amide bonds. The minimum atomic E-state index is -0.897. The Morgan fingerprint density at radius 2 is 1.89 bits per heavy atom. The predicted octanol–water partition coefficient (Wildman–Crippen LogP) is 2.44. The van der Waals surface area contributed by atoms with Crippen molar-refractivity contribution in [1.29, 1.82) is 0 Å². The summed E-state index contributed by atoms with van der Waals surface area (Å²) >= 11 is 0. The van der Waals surface area contributed by atoms with Gasteiger partial charge in [-0.1, -0.05) is 12.1 Å². The number of nitrogens with zero attached hydrogens (tertiary/aromatic N) is 2. The number of carbonyl (C=O) groups excluding carboxylic acids is 2. The molecule has 0 aliphatic carbocycles. The van der Waals surface area contributed by atoms with E-state index in [4.69, 9.17) is 10.5 Å². The Labute approximate surface area is 160 Å². The number of nitrogens with one attached hydrogen (secondary N) is 1. The summed E-state index contributed by atoms with van der Waals surface area (Å²) in [6, 6.07) is 13.3. The number of rotatable bonds is 6. The summed E-state index contributed by atoms with van der Waals surface area (Å²) in [6.07, 6.45) is 1.69. The minimum absolute atomic E-state index is 0.132. The zero-order valence-corrected chi connectivity index (χ0v) is 15.1. The van der Waals surface area contributed by atoms with Crippen molar-refractivity contribution in [3.8, 4) is 11.3 Å². The minimum Gasteiger partial charge on any atom is -0.465 e. The van der Waals surface area contributed by atoms with Gasteiger partial charge in [-0.25, -0.2) is 9.18 Å². The quantitative estimate of drug-likeness (QED) is 0.638. The molecule has 28 heavy (non-hydrogen) atoms. The number of esters is 1. The zero-order chi connectivity index (χ0) is 20.1. The van der Waals surface area contributed by atoms with Gasteiger partial charge in [0, 0.05) is 11.8 Å². The molecule has 8 heteroatoms. The van der Waals surface area contributed by atoms with E-state index in [0.29, 0.717) is 11.4 Å². The molecule has 3 N–H and O–H groups in total. The number of nitrogens with two attached hydrogens (primary N) is 1. The lowest BCUT2D eigenvalue weighted by Gasteiger charge is -2.14. The molecule has 0 radical (unpaired) electrons. The van der Waals surface area contributed by atoms with Crippen molar-refractivity contribution in [1.82, 2.24) is 9.78 Å². The normalized spacial score (nSPS) is 11.7. The Morgan fingerprint density at radius 3 is 2.61 bits per heavy atom. The maximum absolute atomic E-state index is 13.0. The molecule has 0 saturated carbocycles. The van der Waals surface area contributed by atoms with Crippen molar-refractivity contribution in [3.63, 3.8) is 0 Å². The van der Waals surface area contributed by atoms with E-state index in [2.05, 4.69) is 10.4 Å². The Kier molecular flexibility index (Phi) is 5.81. The first-order valence-electron chi connectivity index (χ1n) is 8.51. The first-order chi connectivity index (χ1) is 13.5. The van der Waals surface area contributed by atoms with Gasteiger partial charge in [0.1, 0.15) is 11.9 Å². The lowest BCUT2D eigenvalue weighted by Crippen LogP contribution is -2.39. The van der Waals surface area contributed by atoms with Crippen LogP contribution in [0, 0.1) is 5.82 Å². The van der Waals surface area contributed by atoms with Gasteiger partial charge in [0.05, 0.1) is 30.6 Å². The van der Waals surface area contributed by atoms with E-state index in [1.165, 1.54) is 23.9 Å². The third-order valence-corrected chi connectivity index (χ3v) is 4.09.